The van der Waals surface area contributed by atoms with E-state index in [9.17, 15) is 13.0 Å². The van der Waals surface area contributed by atoms with Crippen molar-refractivity contribution < 1.29 is 45.3 Å². The van der Waals surface area contributed by atoms with Crippen LogP contribution in [0.15, 0.2) is 24.3 Å². The molecule has 0 amide bonds. The summed E-state index contributed by atoms with van der Waals surface area (Å²) in [5.41, 5.74) is 3.27. The average Bonchev–Trinajstić information content (AvgIpc) is 2.86. The van der Waals surface area contributed by atoms with Crippen molar-refractivity contribution in [3.8, 4) is 28.7 Å². The average molecular weight is 526 g/mol. The standard InChI is InChI=1S/C25H35NO9S/c1-26(9-7-11-35-36(27,28)29)10-8-18-15-21(30-2)22(31-3)16-19(18)20(26)12-17-13-23(32-4)25(34-6)24(14-17)33-5/h13-16,20H,7-12H2,1-6H3/t20-,26-/m1/s1. The first-order valence-electron chi connectivity index (χ1n) is 11.6. The zero-order valence-electron chi connectivity index (χ0n) is 21.7. The van der Waals surface area contributed by atoms with Gasteiger partial charge in [0.05, 0.1) is 62.3 Å². The fourth-order valence-corrected chi connectivity index (χ4v) is 5.31. The summed E-state index contributed by atoms with van der Waals surface area (Å²) in [6, 6.07) is 7.90. The molecule has 0 fully saturated rings. The zero-order chi connectivity index (χ0) is 26.5. The molecule has 200 valence electrons. The van der Waals surface area contributed by atoms with Crippen LogP contribution in [0.25, 0.3) is 0 Å². The lowest BCUT2D eigenvalue weighted by Gasteiger charge is -2.46. The number of likely N-dealkylation sites (N-methyl/N-ethyl adjacent to an activating group) is 1. The molecule has 0 saturated heterocycles. The van der Waals surface area contributed by atoms with Gasteiger partial charge in [0.2, 0.25) is 16.1 Å². The molecule has 10 nitrogen and oxygen atoms in total. The molecule has 0 saturated carbocycles. The molecule has 1 aliphatic heterocycles. The molecule has 2 aromatic rings. The second-order valence-corrected chi connectivity index (χ2v) is 9.97. The lowest BCUT2D eigenvalue weighted by atomic mass is 9.86. The topological polar surface area (TPSA) is 113 Å². The molecule has 0 unspecified atom stereocenters. The molecule has 1 heterocycles. The van der Waals surface area contributed by atoms with Crippen molar-refractivity contribution >= 4 is 10.4 Å². The highest BCUT2D eigenvalue weighted by Gasteiger charge is 2.40. The van der Waals surface area contributed by atoms with Crippen LogP contribution in [0.5, 0.6) is 28.7 Å². The van der Waals surface area contributed by atoms with Crippen molar-refractivity contribution in [1.29, 1.82) is 0 Å². The van der Waals surface area contributed by atoms with Crippen LogP contribution < -0.4 is 23.7 Å². The number of methoxy groups -OCH3 is 5. The molecule has 0 radical (unpaired) electrons. The minimum Gasteiger partial charge on any atom is -0.726 e. The largest absolute Gasteiger partial charge is 0.726 e. The summed E-state index contributed by atoms with van der Waals surface area (Å²) in [5, 5.41) is 0. The summed E-state index contributed by atoms with van der Waals surface area (Å²) in [4.78, 5) is 0. The molecular weight excluding hydrogens is 490 g/mol. The summed E-state index contributed by atoms with van der Waals surface area (Å²) in [6.45, 7) is 1.26. The molecule has 2 aromatic carbocycles. The van der Waals surface area contributed by atoms with Gasteiger partial charge in [-0.1, -0.05) is 0 Å². The minimum absolute atomic E-state index is 0.0137. The Morgan fingerprint density at radius 3 is 2.00 bits per heavy atom. The number of nitrogens with zero attached hydrogens (tertiary/aromatic N) is 1. The highest BCUT2D eigenvalue weighted by atomic mass is 32.3. The Morgan fingerprint density at radius 2 is 1.47 bits per heavy atom. The van der Waals surface area contributed by atoms with E-state index in [0.717, 1.165) is 24.1 Å². The molecule has 11 heteroatoms. The van der Waals surface area contributed by atoms with Crippen LogP contribution in [0.2, 0.25) is 0 Å². The number of hydrogen-bond acceptors (Lipinski definition) is 9. The fourth-order valence-electron chi connectivity index (χ4n) is 4.99. The van der Waals surface area contributed by atoms with E-state index < -0.39 is 10.4 Å². The summed E-state index contributed by atoms with van der Waals surface area (Å²) in [5.74, 6) is 2.97. The maximum Gasteiger partial charge on any atom is 0.217 e. The van der Waals surface area contributed by atoms with Crippen LogP contribution >= 0.6 is 0 Å². The van der Waals surface area contributed by atoms with Gasteiger partial charge >= 0.3 is 0 Å². The maximum atomic E-state index is 10.9. The van der Waals surface area contributed by atoms with E-state index >= 15 is 0 Å². The number of fused-ring (bicyclic) bond motifs is 1. The Labute approximate surface area is 213 Å². The predicted octanol–water partition coefficient (Wildman–Crippen LogP) is 2.88. The van der Waals surface area contributed by atoms with Crippen LogP contribution in [0.4, 0.5) is 0 Å². The quantitative estimate of drug-likeness (QED) is 0.179. The number of hydrogen-bond donors (Lipinski definition) is 0. The molecule has 1 aliphatic rings. The van der Waals surface area contributed by atoms with Gasteiger partial charge in [-0.3, -0.25) is 4.18 Å². The van der Waals surface area contributed by atoms with Crippen LogP contribution in [0, 0.1) is 0 Å². The molecule has 0 spiro atoms. The molecule has 0 aromatic heterocycles. The van der Waals surface area contributed by atoms with Gasteiger partial charge in [-0.25, -0.2) is 8.42 Å². The summed E-state index contributed by atoms with van der Waals surface area (Å²) in [7, 11) is 5.36. The highest BCUT2D eigenvalue weighted by molar-refractivity contribution is 7.80. The van der Waals surface area contributed by atoms with E-state index in [0.29, 0.717) is 52.6 Å². The minimum atomic E-state index is -4.72. The van der Waals surface area contributed by atoms with E-state index in [1.165, 1.54) is 5.56 Å². The zero-order valence-corrected chi connectivity index (χ0v) is 22.5. The van der Waals surface area contributed by atoms with Crippen molar-refractivity contribution in [2.45, 2.75) is 25.3 Å². The molecule has 0 N–H and O–H groups in total. The van der Waals surface area contributed by atoms with Crippen LogP contribution in [-0.4, -0.2) is 79.7 Å². The van der Waals surface area contributed by atoms with E-state index in [1.807, 2.05) is 24.3 Å². The van der Waals surface area contributed by atoms with Crippen molar-refractivity contribution in [1.82, 2.24) is 0 Å². The van der Waals surface area contributed by atoms with Crippen LogP contribution in [0.3, 0.4) is 0 Å². The van der Waals surface area contributed by atoms with Crippen molar-refractivity contribution in [3.63, 3.8) is 0 Å². The number of benzene rings is 2. The highest BCUT2D eigenvalue weighted by Crippen LogP contribution is 2.44. The molecule has 0 aliphatic carbocycles. The van der Waals surface area contributed by atoms with Gasteiger partial charge in [0.25, 0.3) is 0 Å². The van der Waals surface area contributed by atoms with Gasteiger partial charge in [-0.15, -0.1) is 0 Å². The van der Waals surface area contributed by atoms with E-state index in [1.54, 1.807) is 35.5 Å². The van der Waals surface area contributed by atoms with Gasteiger partial charge in [0.1, 0.15) is 6.04 Å². The van der Waals surface area contributed by atoms with E-state index in [4.69, 9.17) is 23.7 Å². The Kier molecular flexibility index (Phi) is 8.93. The van der Waals surface area contributed by atoms with E-state index in [-0.39, 0.29) is 12.6 Å². The Hall–Kier alpha value is -2.73. The smallest absolute Gasteiger partial charge is 0.217 e. The van der Waals surface area contributed by atoms with Crippen molar-refractivity contribution in [2.24, 2.45) is 0 Å². The first-order chi connectivity index (χ1) is 17.1. The fraction of sp³-hybridized carbons (Fsp3) is 0.520. The van der Waals surface area contributed by atoms with E-state index in [2.05, 4.69) is 11.2 Å². The summed E-state index contributed by atoms with van der Waals surface area (Å²) < 4.78 is 65.5. The normalized spacial score (nSPS) is 19.4. The Balaban J connectivity index is 2.04. The summed E-state index contributed by atoms with van der Waals surface area (Å²) >= 11 is 0. The third kappa shape index (κ3) is 6.15. The number of rotatable bonds is 12. The van der Waals surface area contributed by atoms with Crippen molar-refractivity contribution in [3.05, 3.63) is 41.0 Å². The second kappa shape index (κ2) is 11.5. The lowest BCUT2D eigenvalue weighted by Crippen LogP contribution is -2.52. The maximum absolute atomic E-state index is 10.9. The van der Waals surface area contributed by atoms with Crippen LogP contribution in [0.1, 0.15) is 29.2 Å². The molecule has 36 heavy (non-hydrogen) atoms. The molecule has 0 bridgehead atoms. The first kappa shape index (κ1) is 27.9. The molecule has 2 atom stereocenters. The van der Waals surface area contributed by atoms with Gasteiger partial charge in [0, 0.05) is 24.8 Å². The third-order valence-electron chi connectivity index (χ3n) is 6.84. The predicted molar refractivity (Wildman–Crippen MR) is 132 cm³/mol. The van der Waals surface area contributed by atoms with Gasteiger partial charge in [0.15, 0.2) is 23.0 Å². The SMILES string of the molecule is COc1cc2c(cc1OC)[C@@H](Cc1cc(OC)c(OC)c(OC)c1)[N@+](C)(CCCOS(=O)(=O)[O-])CC2. The Bertz CT molecular complexity index is 1140. The van der Waals surface area contributed by atoms with Crippen molar-refractivity contribution in [2.75, 3.05) is 62.3 Å². The number of ether oxygens (including phenoxy) is 5. The first-order valence-corrected chi connectivity index (χ1v) is 12.9. The van der Waals surface area contributed by atoms with Gasteiger partial charge in [-0.05, 0) is 35.4 Å². The molecule has 3 rings (SSSR count). The van der Waals surface area contributed by atoms with Gasteiger partial charge < -0.3 is 32.7 Å². The second-order valence-electron chi connectivity index (χ2n) is 8.92. The van der Waals surface area contributed by atoms with Crippen LogP contribution in [-0.2, 0) is 27.4 Å². The third-order valence-corrected chi connectivity index (χ3v) is 7.30. The number of quaternary nitrogens is 1. The van der Waals surface area contributed by atoms with Gasteiger partial charge in [-0.2, -0.15) is 0 Å². The Morgan fingerprint density at radius 1 is 0.889 bits per heavy atom. The monoisotopic (exact) mass is 525 g/mol. The lowest BCUT2D eigenvalue weighted by molar-refractivity contribution is -0.941. The molecular formula is C25H35NO9S. The summed E-state index contributed by atoms with van der Waals surface area (Å²) in [6.07, 6.45) is 1.85.